The predicted octanol–water partition coefficient (Wildman–Crippen LogP) is 8.37. The molecule has 1 aromatic heterocycles. The van der Waals surface area contributed by atoms with E-state index in [0.29, 0.717) is 50.0 Å². The highest BCUT2D eigenvalue weighted by Crippen LogP contribution is 2.40. The summed E-state index contributed by atoms with van der Waals surface area (Å²) in [5.74, 6) is 0.643. The fourth-order valence-corrected chi connectivity index (χ4v) is 7.10. The van der Waals surface area contributed by atoms with Crippen molar-refractivity contribution in [3.05, 3.63) is 144 Å². The SMILES string of the molecule is Nc1ccccc1NC(=O)CCCCCC(=O)NCc1cccc(-c2cccc([C@@H]3O[C@H](CSc4ccccn4)C[C@H](c4ccc(CO)cc4)O3)c2)c1. The molecule has 10 heteroatoms. The first kappa shape index (κ1) is 37.7. The standard InChI is InChI=1S/C43H46N4O5S/c44-37-14-4-5-15-38(37)47-41(50)17-3-1-2-16-40(49)46-27-31-10-8-11-33(24-31)34-12-9-13-35(25-34)43-51-36(29-53-42-18-6-7-23-45-42)26-39(52-43)32-21-19-30(28-48)20-22-32/h4-15,18-25,36,39,43,48H,1-3,16-17,26-29,44H2,(H,46,49)(H,47,50)/t36-,39+,43+/m0/s1. The number of aliphatic hydroxyl groups is 1. The maximum Gasteiger partial charge on any atom is 0.224 e. The van der Waals surface area contributed by atoms with E-state index < -0.39 is 6.29 Å². The number of rotatable bonds is 16. The first-order chi connectivity index (χ1) is 25.9. The molecule has 0 aliphatic carbocycles. The van der Waals surface area contributed by atoms with Gasteiger partial charge in [0.05, 0.1) is 35.2 Å². The molecule has 5 N–H and O–H groups in total. The van der Waals surface area contributed by atoms with Crippen LogP contribution in [0.4, 0.5) is 11.4 Å². The minimum atomic E-state index is -0.569. The summed E-state index contributed by atoms with van der Waals surface area (Å²) in [4.78, 5) is 29.3. The number of nitrogens with zero attached hydrogens (tertiary/aromatic N) is 1. The van der Waals surface area contributed by atoms with Crippen LogP contribution in [-0.2, 0) is 32.2 Å². The molecule has 6 rings (SSSR count). The van der Waals surface area contributed by atoms with Gasteiger partial charge in [0.1, 0.15) is 0 Å². The number of aromatic nitrogens is 1. The third-order valence-corrected chi connectivity index (χ3v) is 10.2. The fraction of sp³-hybridized carbons (Fsp3) is 0.279. The lowest BCUT2D eigenvalue weighted by atomic mass is 9.99. The van der Waals surface area contributed by atoms with E-state index in [-0.39, 0.29) is 30.6 Å². The Labute approximate surface area is 315 Å². The van der Waals surface area contributed by atoms with Gasteiger partial charge in [-0.3, -0.25) is 9.59 Å². The fourth-order valence-electron chi connectivity index (χ4n) is 6.22. The zero-order valence-corrected chi connectivity index (χ0v) is 30.5. The highest BCUT2D eigenvalue weighted by Gasteiger charge is 2.32. The summed E-state index contributed by atoms with van der Waals surface area (Å²) in [6, 6.07) is 37.4. The first-order valence-electron chi connectivity index (χ1n) is 18.1. The van der Waals surface area contributed by atoms with Gasteiger partial charge in [-0.2, -0.15) is 0 Å². The topological polar surface area (TPSA) is 136 Å². The van der Waals surface area contributed by atoms with Crippen LogP contribution in [0.3, 0.4) is 0 Å². The Morgan fingerprint density at radius 2 is 1.53 bits per heavy atom. The second-order valence-electron chi connectivity index (χ2n) is 13.1. The van der Waals surface area contributed by atoms with Gasteiger partial charge < -0.3 is 30.9 Å². The number of para-hydroxylation sites is 2. The molecule has 2 heterocycles. The minimum absolute atomic E-state index is 0.00317. The van der Waals surface area contributed by atoms with Gasteiger partial charge in [-0.05, 0) is 77.1 Å². The molecule has 1 fully saturated rings. The lowest BCUT2D eigenvalue weighted by Crippen LogP contribution is -2.31. The van der Waals surface area contributed by atoms with Crippen molar-refractivity contribution >= 4 is 35.0 Å². The molecule has 0 radical (unpaired) electrons. The Balaban J connectivity index is 1.02. The highest BCUT2D eigenvalue weighted by molar-refractivity contribution is 7.99. The summed E-state index contributed by atoms with van der Waals surface area (Å²) in [6.45, 7) is 0.422. The zero-order valence-electron chi connectivity index (χ0n) is 29.7. The summed E-state index contributed by atoms with van der Waals surface area (Å²) in [5.41, 5.74) is 12.9. The number of nitrogens with two attached hydrogens (primary N) is 1. The number of nitrogens with one attached hydrogen (secondary N) is 2. The quantitative estimate of drug-likeness (QED) is 0.0452. The number of unbranched alkanes of at least 4 members (excludes halogenated alkanes) is 2. The summed E-state index contributed by atoms with van der Waals surface area (Å²) >= 11 is 1.67. The van der Waals surface area contributed by atoms with Crippen LogP contribution < -0.4 is 16.4 Å². The average Bonchev–Trinajstić information content (AvgIpc) is 3.20. The molecule has 9 nitrogen and oxygen atoms in total. The van der Waals surface area contributed by atoms with Gasteiger partial charge in [0.2, 0.25) is 11.8 Å². The largest absolute Gasteiger partial charge is 0.397 e. The second kappa shape index (κ2) is 19.2. The van der Waals surface area contributed by atoms with Crippen molar-refractivity contribution in [2.75, 3.05) is 16.8 Å². The van der Waals surface area contributed by atoms with E-state index in [0.717, 1.165) is 50.6 Å². The number of amides is 2. The van der Waals surface area contributed by atoms with Crippen LogP contribution in [0, 0.1) is 0 Å². The maximum atomic E-state index is 12.6. The first-order valence-corrected chi connectivity index (χ1v) is 19.1. The molecule has 0 bridgehead atoms. The Kier molecular flexibility index (Phi) is 13.7. The number of pyridine rings is 1. The zero-order chi connectivity index (χ0) is 36.8. The lowest BCUT2D eigenvalue weighted by Gasteiger charge is -2.36. The van der Waals surface area contributed by atoms with Crippen LogP contribution in [0.15, 0.2) is 126 Å². The van der Waals surface area contributed by atoms with Crippen LogP contribution in [0.2, 0.25) is 0 Å². The number of thioether (sulfide) groups is 1. The van der Waals surface area contributed by atoms with Gasteiger partial charge in [0.25, 0.3) is 0 Å². The number of aliphatic hydroxyl groups excluding tert-OH is 1. The number of nitrogen functional groups attached to an aromatic ring is 1. The van der Waals surface area contributed by atoms with Crippen molar-refractivity contribution in [1.29, 1.82) is 0 Å². The van der Waals surface area contributed by atoms with Gasteiger partial charge in [-0.1, -0.05) is 85.3 Å². The van der Waals surface area contributed by atoms with Crippen LogP contribution in [0.5, 0.6) is 0 Å². The summed E-state index contributed by atoms with van der Waals surface area (Å²) in [7, 11) is 0. The van der Waals surface area contributed by atoms with Crippen LogP contribution in [0.25, 0.3) is 11.1 Å². The Bertz CT molecular complexity index is 1940. The molecular weight excluding hydrogens is 685 g/mol. The average molecular weight is 731 g/mol. The van der Waals surface area contributed by atoms with Crippen LogP contribution >= 0.6 is 11.8 Å². The molecule has 0 unspecified atom stereocenters. The number of carbonyl (C=O) groups is 2. The van der Waals surface area contributed by atoms with Crippen molar-refractivity contribution < 1.29 is 24.2 Å². The molecule has 0 spiro atoms. The molecule has 1 saturated heterocycles. The minimum Gasteiger partial charge on any atom is -0.397 e. The highest BCUT2D eigenvalue weighted by atomic mass is 32.2. The molecule has 1 aliphatic heterocycles. The van der Waals surface area contributed by atoms with E-state index in [9.17, 15) is 14.7 Å². The smallest absolute Gasteiger partial charge is 0.224 e. The Morgan fingerprint density at radius 1 is 0.774 bits per heavy atom. The number of ether oxygens (including phenoxy) is 2. The summed E-state index contributed by atoms with van der Waals surface area (Å²) < 4.78 is 13.2. The van der Waals surface area contributed by atoms with Gasteiger partial charge in [0.15, 0.2) is 6.29 Å². The van der Waals surface area contributed by atoms with Crippen LogP contribution in [0.1, 0.15) is 73.2 Å². The monoisotopic (exact) mass is 730 g/mol. The van der Waals surface area contributed by atoms with Gasteiger partial charge in [-0.25, -0.2) is 4.98 Å². The van der Waals surface area contributed by atoms with Crippen molar-refractivity contribution in [2.45, 2.75) is 75.2 Å². The maximum absolute atomic E-state index is 12.6. The number of hydrogen-bond donors (Lipinski definition) is 4. The van der Waals surface area contributed by atoms with E-state index in [4.69, 9.17) is 15.2 Å². The van der Waals surface area contributed by atoms with E-state index in [2.05, 4.69) is 39.9 Å². The molecule has 2 amide bonds. The molecule has 53 heavy (non-hydrogen) atoms. The van der Waals surface area contributed by atoms with E-state index >= 15 is 0 Å². The van der Waals surface area contributed by atoms with Gasteiger partial charge in [0, 0.05) is 43.3 Å². The third kappa shape index (κ3) is 11.2. The van der Waals surface area contributed by atoms with Crippen LogP contribution in [-0.4, -0.2) is 33.8 Å². The second-order valence-corrected chi connectivity index (χ2v) is 14.2. The molecule has 0 saturated carbocycles. The van der Waals surface area contributed by atoms with Crippen molar-refractivity contribution in [3.8, 4) is 11.1 Å². The van der Waals surface area contributed by atoms with E-state index in [1.807, 2.05) is 78.9 Å². The van der Waals surface area contributed by atoms with E-state index in [1.165, 1.54) is 0 Å². The summed E-state index contributed by atoms with van der Waals surface area (Å²) in [6.07, 6.45) is 4.67. The number of hydrogen-bond acceptors (Lipinski definition) is 8. The summed E-state index contributed by atoms with van der Waals surface area (Å²) in [5, 5.41) is 16.4. The van der Waals surface area contributed by atoms with Crippen molar-refractivity contribution in [2.24, 2.45) is 0 Å². The number of benzene rings is 4. The molecular formula is C43H46N4O5S. The predicted molar refractivity (Wildman–Crippen MR) is 210 cm³/mol. The van der Waals surface area contributed by atoms with Crippen molar-refractivity contribution in [3.63, 3.8) is 0 Å². The molecule has 1 aliphatic rings. The number of anilines is 2. The molecule has 5 aromatic rings. The molecule has 4 aromatic carbocycles. The molecule has 3 atom stereocenters. The number of carbonyl (C=O) groups excluding carboxylic acids is 2. The van der Waals surface area contributed by atoms with E-state index in [1.54, 1.807) is 30.1 Å². The van der Waals surface area contributed by atoms with Crippen molar-refractivity contribution in [1.82, 2.24) is 10.3 Å². The third-order valence-electron chi connectivity index (χ3n) is 9.12. The van der Waals surface area contributed by atoms with Gasteiger partial charge >= 0.3 is 0 Å². The Morgan fingerprint density at radius 3 is 2.30 bits per heavy atom. The Hall–Kier alpha value is -5.00. The van der Waals surface area contributed by atoms with Gasteiger partial charge in [-0.15, -0.1) is 11.8 Å². The molecule has 274 valence electrons. The normalized spacial score (nSPS) is 16.9. The lowest BCUT2D eigenvalue weighted by molar-refractivity contribution is -0.245.